The van der Waals surface area contributed by atoms with Gasteiger partial charge in [-0.15, -0.1) is 0 Å². The van der Waals surface area contributed by atoms with Crippen LogP contribution in [0, 0.1) is 11.8 Å². The molecule has 0 fully saturated rings. The molecule has 0 unspecified atom stereocenters. The van der Waals surface area contributed by atoms with Gasteiger partial charge in [-0.25, -0.2) is 0 Å². The quantitative estimate of drug-likeness (QED) is 0.680. The number of hydrogen-bond acceptors (Lipinski definition) is 0. The molecule has 0 aliphatic heterocycles. The molecule has 0 saturated heterocycles. The Morgan fingerprint density at radius 1 is 0.737 bits per heavy atom. The SMILES string of the molecule is C(#CCC=Cc1ccccc1)C=Cc1ccccc1. The lowest BCUT2D eigenvalue weighted by Gasteiger charge is -1.88. The fourth-order valence-electron chi connectivity index (χ4n) is 1.64. The molecule has 0 atom stereocenters. The molecule has 0 heterocycles. The highest BCUT2D eigenvalue weighted by molar-refractivity contribution is 5.52. The van der Waals surface area contributed by atoms with Gasteiger partial charge in [0.2, 0.25) is 0 Å². The number of allylic oxidation sites excluding steroid dienone is 2. The molecular weight excluding hydrogens is 228 g/mol. The molecule has 0 aliphatic rings. The summed E-state index contributed by atoms with van der Waals surface area (Å²) in [6, 6.07) is 20.4. The van der Waals surface area contributed by atoms with Gasteiger partial charge in [0.05, 0.1) is 0 Å². The predicted octanol–water partition coefficient (Wildman–Crippen LogP) is 4.81. The topological polar surface area (TPSA) is 0 Å². The van der Waals surface area contributed by atoms with Crippen LogP contribution in [0.4, 0.5) is 0 Å². The third kappa shape index (κ3) is 5.10. The van der Waals surface area contributed by atoms with Crippen molar-refractivity contribution >= 4 is 12.2 Å². The molecule has 92 valence electrons. The van der Waals surface area contributed by atoms with Crippen molar-refractivity contribution < 1.29 is 0 Å². The van der Waals surface area contributed by atoms with Crippen LogP contribution in [0.5, 0.6) is 0 Å². The van der Waals surface area contributed by atoms with Gasteiger partial charge in [0.1, 0.15) is 0 Å². The molecule has 0 heteroatoms. The van der Waals surface area contributed by atoms with Gasteiger partial charge in [0.25, 0.3) is 0 Å². The van der Waals surface area contributed by atoms with Crippen molar-refractivity contribution in [3.05, 3.63) is 83.9 Å². The Bertz CT molecular complexity index is 593. The van der Waals surface area contributed by atoms with Crippen molar-refractivity contribution in [2.75, 3.05) is 0 Å². The summed E-state index contributed by atoms with van der Waals surface area (Å²) in [7, 11) is 0. The van der Waals surface area contributed by atoms with Crippen molar-refractivity contribution in [1.82, 2.24) is 0 Å². The van der Waals surface area contributed by atoms with Gasteiger partial charge < -0.3 is 0 Å². The molecule has 0 saturated carbocycles. The molecule has 19 heavy (non-hydrogen) atoms. The first-order valence-corrected chi connectivity index (χ1v) is 6.37. The maximum atomic E-state index is 3.10. The van der Waals surface area contributed by atoms with Crippen LogP contribution >= 0.6 is 0 Å². The summed E-state index contributed by atoms with van der Waals surface area (Å²) in [5.41, 5.74) is 2.39. The highest BCUT2D eigenvalue weighted by Crippen LogP contribution is 2.02. The predicted molar refractivity (Wildman–Crippen MR) is 83.3 cm³/mol. The molecule has 0 aromatic heterocycles. The molecule has 0 amide bonds. The lowest BCUT2D eigenvalue weighted by molar-refractivity contribution is 1.48. The third-order valence-corrected chi connectivity index (χ3v) is 2.59. The van der Waals surface area contributed by atoms with Gasteiger partial charge in [-0.05, 0) is 23.3 Å². The summed E-state index contributed by atoms with van der Waals surface area (Å²) >= 11 is 0. The van der Waals surface area contributed by atoms with Crippen molar-refractivity contribution in [3.63, 3.8) is 0 Å². The Balaban J connectivity index is 1.79. The standard InChI is InChI=1S/C19H16/c1(2-6-12-18-14-8-4-9-15-18)3-7-13-19-16-10-5-11-17-19/h4-17H,2H2. The van der Waals surface area contributed by atoms with E-state index in [0.717, 1.165) is 6.42 Å². The summed E-state index contributed by atoms with van der Waals surface area (Å²) < 4.78 is 0. The molecule has 0 aliphatic carbocycles. The van der Waals surface area contributed by atoms with E-state index in [1.807, 2.05) is 48.6 Å². The zero-order valence-corrected chi connectivity index (χ0v) is 10.8. The fourth-order valence-corrected chi connectivity index (χ4v) is 1.64. The first-order chi connectivity index (χ1) is 9.45. The van der Waals surface area contributed by atoms with Crippen LogP contribution in [0.25, 0.3) is 12.2 Å². The third-order valence-electron chi connectivity index (χ3n) is 2.59. The minimum atomic E-state index is 0.772. The monoisotopic (exact) mass is 244 g/mol. The van der Waals surface area contributed by atoms with Crippen molar-refractivity contribution in [1.29, 1.82) is 0 Å². The van der Waals surface area contributed by atoms with E-state index in [1.165, 1.54) is 11.1 Å². The highest BCUT2D eigenvalue weighted by Gasteiger charge is 1.81. The van der Waals surface area contributed by atoms with E-state index in [1.54, 1.807) is 0 Å². The van der Waals surface area contributed by atoms with Gasteiger partial charge in [-0.3, -0.25) is 0 Å². The van der Waals surface area contributed by atoms with Crippen LogP contribution < -0.4 is 0 Å². The van der Waals surface area contributed by atoms with E-state index in [2.05, 4.69) is 48.3 Å². The number of hydrogen-bond donors (Lipinski definition) is 0. The summed E-state index contributed by atoms with van der Waals surface area (Å²) in [6.45, 7) is 0. The molecule has 2 rings (SSSR count). The van der Waals surface area contributed by atoms with E-state index >= 15 is 0 Å². The average molecular weight is 244 g/mol. The molecule has 0 spiro atoms. The molecule has 2 aromatic carbocycles. The summed E-state index contributed by atoms with van der Waals surface area (Å²) in [4.78, 5) is 0. The average Bonchev–Trinajstić information content (AvgIpc) is 2.48. The normalized spacial score (nSPS) is 10.5. The van der Waals surface area contributed by atoms with Crippen molar-refractivity contribution in [2.45, 2.75) is 6.42 Å². The van der Waals surface area contributed by atoms with Crippen LogP contribution in [0.15, 0.2) is 72.8 Å². The Hall–Kier alpha value is -2.52. The Morgan fingerprint density at radius 3 is 1.95 bits per heavy atom. The maximum absolute atomic E-state index is 3.10. The Labute approximate surface area is 115 Å². The zero-order chi connectivity index (χ0) is 13.2. The van der Waals surface area contributed by atoms with Crippen LogP contribution in [-0.4, -0.2) is 0 Å². The van der Waals surface area contributed by atoms with Gasteiger partial charge in [0, 0.05) is 6.42 Å². The van der Waals surface area contributed by atoms with E-state index in [-0.39, 0.29) is 0 Å². The lowest BCUT2D eigenvalue weighted by Crippen LogP contribution is -1.68. The number of rotatable bonds is 3. The lowest BCUT2D eigenvalue weighted by atomic mass is 10.2. The molecule has 0 bridgehead atoms. The molecule has 0 radical (unpaired) electrons. The second-order valence-electron chi connectivity index (χ2n) is 4.08. The molecular formula is C19H16. The summed E-state index contributed by atoms with van der Waals surface area (Å²) in [6.07, 6.45) is 8.86. The Kier molecular flexibility index (Phi) is 5.26. The Morgan fingerprint density at radius 2 is 1.32 bits per heavy atom. The van der Waals surface area contributed by atoms with Crippen LogP contribution in [0.2, 0.25) is 0 Å². The van der Waals surface area contributed by atoms with Crippen LogP contribution in [-0.2, 0) is 0 Å². The van der Waals surface area contributed by atoms with Crippen molar-refractivity contribution in [2.24, 2.45) is 0 Å². The van der Waals surface area contributed by atoms with Gasteiger partial charge in [-0.2, -0.15) is 0 Å². The van der Waals surface area contributed by atoms with E-state index in [4.69, 9.17) is 0 Å². The summed E-state index contributed by atoms with van der Waals surface area (Å²) in [5, 5.41) is 0. The fraction of sp³-hybridized carbons (Fsp3) is 0.0526. The first-order valence-electron chi connectivity index (χ1n) is 6.37. The van der Waals surface area contributed by atoms with E-state index in [9.17, 15) is 0 Å². The summed E-state index contributed by atoms with van der Waals surface area (Å²) in [5.74, 6) is 6.14. The first kappa shape index (κ1) is 12.9. The molecule has 0 nitrogen and oxygen atoms in total. The maximum Gasteiger partial charge on any atom is 0.0276 e. The molecule has 2 aromatic rings. The van der Waals surface area contributed by atoms with Gasteiger partial charge in [-0.1, -0.05) is 84.7 Å². The minimum Gasteiger partial charge on any atom is -0.0944 e. The second kappa shape index (κ2) is 7.74. The minimum absolute atomic E-state index is 0.772. The zero-order valence-electron chi connectivity index (χ0n) is 10.8. The number of benzene rings is 2. The van der Waals surface area contributed by atoms with Crippen molar-refractivity contribution in [3.8, 4) is 11.8 Å². The van der Waals surface area contributed by atoms with E-state index in [0.29, 0.717) is 0 Å². The largest absolute Gasteiger partial charge is 0.0944 e. The van der Waals surface area contributed by atoms with Gasteiger partial charge in [0.15, 0.2) is 0 Å². The molecule has 0 N–H and O–H groups in total. The van der Waals surface area contributed by atoms with Crippen LogP contribution in [0.3, 0.4) is 0 Å². The smallest absolute Gasteiger partial charge is 0.0276 e. The second-order valence-corrected chi connectivity index (χ2v) is 4.08. The van der Waals surface area contributed by atoms with Crippen LogP contribution in [0.1, 0.15) is 17.5 Å². The van der Waals surface area contributed by atoms with Gasteiger partial charge >= 0.3 is 0 Å². The highest BCUT2D eigenvalue weighted by atomic mass is 13.9. The van der Waals surface area contributed by atoms with E-state index < -0.39 is 0 Å².